The van der Waals surface area contributed by atoms with Crippen LogP contribution in [-0.4, -0.2) is 36.4 Å². The summed E-state index contributed by atoms with van der Waals surface area (Å²) < 4.78 is 16.7. The molecular formula is C18H21NO5. The van der Waals surface area contributed by atoms with Gasteiger partial charge in [0.2, 0.25) is 0 Å². The normalized spacial score (nSPS) is 20.7. The number of aliphatic hydroxyl groups is 1. The van der Waals surface area contributed by atoms with Crippen LogP contribution in [0.25, 0.3) is 0 Å². The zero-order valence-electron chi connectivity index (χ0n) is 13.3. The Morgan fingerprint density at radius 1 is 1.25 bits per heavy atom. The Labute approximate surface area is 140 Å². The number of nitrogens with one attached hydrogen (secondary N) is 1. The average Bonchev–Trinajstić information content (AvgIpc) is 3.11. The van der Waals surface area contributed by atoms with Crippen LogP contribution in [0.5, 0.6) is 0 Å². The van der Waals surface area contributed by atoms with Crippen molar-refractivity contribution in [1.29, 1.82) is 0 Å². The maximum atomic E-state index is 12.3. The van der Waals surface area contributed by atoms with Crippen LogP contribution in [0.3, 0.4) is 0 Å². The third-order valence-corrected chi connectivity index (χ3v) is 3.97. The van der Waals surface area contributed by atoms with Crippen LogP contribution in [0.4, 0.5) is 0 Å². The Balaban J connectivity index is 1.58. The highest BCUT2D eigenvalue weighted by Gasteiger charge is 2.29. The molecule has 3 rings (SSSR count). The lowest BCUT2D eigenvalue weighted by atomic mass is 10.1. The Morgan fingerprint density at radius 2 is 2.08 bits per heavy atom. The fraction of sp³-hybridized carbons (Fsp3) is 0.389. The standard InChI is InChI=1S/C18H21NO5/c20-10-14-6-7-16(24-14)18(21)19-15-8-9-22-12-17(15)23-11-13-4-2-1-3-5-13/h1-7,15,17,20H,8-12H2,(H,19,21)/t15-,17-/m1/s1. The number of benzene rings is 1. The topological polar surface area (TPSA) is 80.9 Å². The third-order valence-electron chi connectivity index (χ3n) is 3.97. The second kappa shape index (κ2) is 8.10. The summed E-state index contributed by atoms with van der Waals surface area (Å²) in [7, 11) is 0. The van der Waals surface area contributed by atoms with E-state index in [1.165, 1.54) is 0 Å². The van der Waals surface area contributed by atoms with Crippen LogP contribution in [0.2, 0.25) is 0 Å². The van der Waals surface area contributed by atoms with Crippen molar-refractivity contribution < 1.29 is 23.8 Å². The lowest BCUT2D eigenvalue weighted by Crippen LogP contribution is -2.49. The largest absolute Gasteiger partial charge is 0.453 e. The SMILES string of the molecule is O=C(N[C@@H]1CCOC[C@H]1OCc1ccccc1)c1ccc(CO)o1. The van der Waals surface area contributed by atoms with Gasteiger partial charge in [0.1, 0.15) is 18.5 Å². The first-order valence-corrected chi connectivity index (χ1v) is 8.00. The van der Waals surface area contributed by atoms with Crippen molar-refractivity contribution in [3.8, 4) is 0 Å². The predicted octanol–water partition coefficient (Wildman–Crippen LogP) is 1.88. The molecule has 2 heterocycles. The lowest BCUT2D eigenvalue weighted by Gasteiger charge is -2.31. The van der Waals surface area contributed by atoms with Gasteiger partial charge in [0.25, 0.3) is 5.91 Å². The van der Waals surface area contributed by atoms with Gasteiger partial charge < -0.3 is 24.3 Å². The van der Waals surface area contributed by atoms with Crippen molar-refractivity contribution in [3.05, 3.63) is 59.5 Å². The molecule has 1 saturated heterocycles. The average molecular weight is 331 g/mol. The third kappa shape index (κ3) is 4.23. The number of carbonyl (C=O) groups excluding carboxylic acids is 1. The molecule has 0 radical (unpaired) electrons. The Kier molecular flexibility index (Phi) is 5.63. The van der Waals surface area contributed by atoms with Gasteiger partial charge in [-0.15, -0.1) is 0 Å². The van der Waals surface area contributed by atoms with E-state index in [9.17, 15) is 4.79 Å². The van der Waals surface area contributed by atoms with Gasteiger partial charge in [0.15, 0.2) is 5.76 Å². The summed E-state index contributed by atoms with van der Waals surface area (Å²) in [6.45, 7) is 1.26. The quantitative estimate of drug-likeness (QED) is 0.845. The molecule has 1 aromatic carbocycles. The molecule has 1 fully saturated rings. The molecule has 1 amide bonds. The molecule has 24 heavy (non-hydrogen) atoms. The number of rotatable bonds is 6. The summed E-state index contributed by atoms with van der Waals surface area (Å²) in [5.41, 5.74) is 1.08. The van der Waals surface area contributed by atoms with Crippen LogP contribution in [0.1, 0.15) is 28.3 Å². The minimum atomic E-state index is -0.310. The number of furan rings is 1. The highest BCUT2D eigenvalue weighted by molar-refractivity contribution is 5.91. The van der Waals surface area contributed by atoms with Gasteiger partial charge >= 0.3 is 0 Å². The van der Waals surface area contributed by atoms with E-state index < -0.39 is 0 Å². The van der Waals surface area contributed by atoms with Gasteiger partial charge in [0, 0.05) is 6.61 Å². The van der Waals surface area contributed by atoms with Crippen molar-refractivity contribution in [1.82, 2.24) is 5.32 Å². The number of hydrogen-bond donors (Lipinski definition) is 2. The summed E-state index contributed by atoms with van der Waals surface area (Å²) in [5, 5.41) is 12.0. The summed E-state index contributed by atoms with van der Waals surface area (Å²) in [4.78, 5) is 12.3. The van der Waals surface area contributed by atoms with E-state index in [1.54, 1.807) is 12.1 Å². The Bertz CT molecular complexity index is 654. The first kappa shape index (κ1) is 16.7. The minimum Gasteiger partial charge on any atom is -0.453 e. The lowest BCUT2D eigenvalue weighted by molar-refractivity contribution is -0.0737. The molecule has 6 heteroatoms. The molecule has 0 saturated carbocycles. The summed E-state index contributed by atoms with van der Waals surface area (Å²) in [6, 6.07) is 12.9. The molecule has 0 bridgehead atoms. The summed E-state index contributed by atoms with van der Waals surface area (Å²) in [6.07, 6.45) is 0.467. The Hall–Kier alpha value is -2.15. The van der Waals surface area contributed by atoms with Crippen LogP contribution in [-0.2, 0) is 22.7 Å². The van der Waals surface area contributed by atoms with Gasteiger partial charge in [-0.3, -0.25) is 4.79 Å². The van der Waals surface area contributed by atoms with Crippen LogP contribution >= 0.6 is 0 Å². The molecule has 2 atom stereocenters. The molecule has 2 aromatic rings. The molecule has 0 spiro atoms. The number of aliphatic hydroxyl groups excluding tert-OH is 1. The van der Waals surface area contributed by atoms with Gasteiger partial charge in [-0.2, -0.15) is 0 Å². The van der Waals surface area contributed by atoms with E-state index in [2.05, 4.69) is 5.32 Å². The van der Waals surface area contributed by atoms with E-state index in [1.807, 2.05) is 30.3 Å². The molecule has 1 aromatic heterocycles. The van der Waals surface area contributed by atoms with Gasteiger partial charge in [0.05, 0.1) is 19.3 Å². The molecule has 128 valence electrons. The van der Waals surface area contributed by atoms with Crippen molar-refractivity contribution >= 4 is 5.91 Å². The zero-order chi connectivity index (χ0) is 16.8. The summed E-state index contributed by atoms with van der Waals surface area (Å²) in [5.74, 6) is 0.242. The van der Waals surface area contributed by atoms with Crippen LogP contribution in [0.15, 0.2) is 46.9 Å². The first-order chi connectivity index (χ1) is 11.8. The van der Waals surface area contributed by atoms with Crippen LogP contribution in [0, 0.1) is 0 Å². The number of ether oxygens (including phenoxy) is 2. The van der Waals surface area contributed by atoms with Gasteiger partial charge in [-0.1, -0.05) is 30.3 Å². The zero-order valence-corrected chi connectivity index (χ0v) is 13.3. The highest BCUT2D eigenvalue weighted by Crippen LogP contribution is 2.15. The monoisotopic (exact) mass is 331 g/mol. The molecular weight excluding hydrogens is 310 g/mol. The maximum absolute atomic E-state index is 12.3. The number of carbonyl (C=O) groups is 1. The smallest absolute Gasteiger partial charge is 0.287 e. The molecule has 0 unspecified atom stereocenters. The highest BCUT2D eigenvalue weighted by atomic mass is 16.5. The second-order valence-corrected chi connectivity index (χ2v) is 5.70. The van der Waals surface area contributed by atoms with Crippen molar-refractivity contribution in [2.45, 2.75) is 31.8 Å². The van der Waals surface area contributed by atoms with E-state index in [4.69, 9.17) is 19.0 Å². The fourth-order valence-electron chi connectivity index (χ4n) is 2.64. The van der Waals surface area contributed by atoms with E-state index in [0.717, 1.165) is 5.56 Å². The molecule has 6 nitrogen and oxygen atoms in total. The summed E-state index contributed by atoms with van der Waals surface area (Å²) >= 11 is 0. The molecule has 2 N–H and O–H groups in total. The van der Waals surface area contributed by atoms with Gasteiger partial charge in [-0.05, 0) is 24.1 Å². The first-order valence-electron chi connectivity index (χ1n) is 8.00. The number of amides is 1. The second-order valence-electron chi connectivity index (χ2n) is 5.70. The molecule has 1 aliphatic heterocycles. The Morgan fingerprint density at radius 3 is 2.83 bits per heavy atom. The van der Waals surface area contributed by atoms with Crippen molar-refractivity contribution in [2.75, 3.05) is 13.2 Å². The van der Waals surface area contributed by atoms with Crippen LogP contribution < -0.4 is 5.32 Å². The fourth-order valence-corrected chi connectivity index (χ4v) is 2.64. The van der Waals surface area contributed by atoms with Crippen molar-refractivity contribution in [2.24, 2.45) is 0 Å². The van der Waals surface area contributed by atoms with E-state index in [0.29, 0.717) is 32.0 Å². The minimum absolute atomic E-state index is 0.141. The molecule has 0 aliphatic carbocycles. The predicted molar refractivity (Wildman–Crippen MR) is 86.3 cm³/mol. The number of hydrogen-bond acceptors (Lipinski definition) is 5. The van der Waals surface area contributed by atoms with E-state index >= 15 is 0 Å². The van der Waals surface area contributed by atoms with Gasteiger partial charge in [-0.25, -0.2) is 0 Å². The maximum Gasteiger partial charge on any atom is 0.287 e. The van der Waals surface area contributed by atoms with Crippen molar-refractivity contribution in [3.63, 3.8) is 0 Å². The molecule has 1 aliphatic rings. The van der Waals surface area contributed by atoms with E-state index in [-0.39, 0.29) is 30.4 Å².